The van der Waals surface area contributed by atoms with E-state index in [9.17, 15) is 4.79 Å². The van der Waals surface area contributed by atoms with Crippen molar-refractivity contribution in [2.45, 2.75) is 13.3 Å². The lowest BCUT2D eigenvalue weighted by molar-refractivity contribution is -0.132. The molecule has 3 heteroatoms. The highest BCUT2D eigenvalue weighted by Crippen LogP contribution is 2.02. The van der Waals surface area contributed by atoms with E-state index >= 15 is 0 Å². The van der Waals surface area contributed by atoms with Crippen LogP contribution in [0.25, 0.3) is 0 Å². The van der Waals surface area contributed by atoms with Gasteiger partial charge in [0.25, 0.3) is 0 Å². The van der Waals surface area contributed by atoms with Gasteiger partial charge in [-0.15, -0.1) is 0 Å². The van der Waals surface area contributed by atoms with Gasteiger partial charge in [-0.2, -0.15) is 0 Å². The summed E-state index contributed by atoms with van der Waals surface area (Å²) in [5, 5.41) is 0. The number of piperazine rings is 1. The predicted molar refractivity (Wildman–Crippen MR) is 48.6 cm³/mol. The average Bonchev–Trinajstić information content (AvgIpc) is 2.17. The van der Waals surface area contributed by atoms with Crippen LogP contribution in [0.5, 0.6) is 0 Å². The molecule has 1 heterocycles. The second-order valence-corrected chi connectivity index (χ2v) is 2.95. The maximum atomic E-state index is 11.2. The third-order valence-electron chi connectivity index (χ3n) is 2.23. The van der Waals surface area contributed by atoms with E-state index in [2.05, 4.69) is 11.5 Å². The Morgan fingerprint density at radius 3 is 2.42 bits per heavy atom. The zero-order chi connectivity index (χ0) is 8.97. The fraction of sp³-hybridized carbons (Fsp3) is 0.667. The van der Waals surface area contributed by atoms with Gasteiger partial charge >= 0.3 is 0 Å². The van der Waals surface area contributed by atoms with Crippen molar-refractivity contribution >= 4 is 5.91 Å². The monoisotopic (exact) mass is 168 g/mol. The van der Waals surface area contributed by atoms with Crippen LogP contribution in [0.3, 0.4) is 0 Å². The van der Waals surface area contributed by atoms with Crippen molar-refractivity contribution in [2.75, 3.05) is 26.2 Å². The molecule has 0 spiro atoms. The van der Waals surface area contributed by atoms with E-state index in [-0.39, 0.29) is 5.91 Å². The minimum Gasteiger partial charge on any atom is -0.374 e. The number of hydrogen-bond donors (Lipinski definition) is 0. The molecule has 0 N–H and O–H groups in total. The topological polar surface area (TPSA) is 23.6 Å². The summed E-state index contributed by atoms with van der Waals surface area (Å²) in [5.41, 5.74) is 0. The Kier molecular flexibility index (Phi) is 3.14. The molecule has 0 aromatic rings. The molecule has 1 amide bonds. The summed E-state index contributed by atoms with van der Waals surface area (Å²) in [6, 6.07) is 0. The third kappa shape index (κ3) is 2.00. The molecule has 0 saturated carbocycles. The van der Waals surface area contributed by atoms with Gasteiger partial charge in [-0.3, -0.25) is 4.79 Å². The van der Waals surface area contributed by atoms with Crippen LogP contribution in [0.15, 0.2) is 12.8 Å². The molecule has 0 aromatic heterocycles. The second kappa shape index (κ2) is 4.14. The number of nitrogens with zero attached hydrogens (tertiary/aromatic N) is 2. The summed E-state index contributed by atoms with van der Waals surface area (Å²) >= 11 is 0. The van der Waals surface area contributed by atoms with Gasteiger partial charge in [-0.25, -0.2) is 0 Å². The molecule has 0 radical (unpaired) electrons. The van der Waals surface area contributed by atoms with Crippen molar-refractivity contribution in [3.05, 3.63) is 12.8 Å². The molecule has 1 aliphatic heterocycles. The Morgan fingerprint density at radius 1 is 1.42 bits per heavy atom. The van der Waals surface area contributed by atoms with Crippen LogP contribution in [0.1, 0.15) is 13.3 Å². The third-order valence-corrected chi connectivity index (χ3v) is 2.23. The molecule has 1 fully saturated rings. The highest BCUT2D eigenvalue weighted by atomic mass is 16.2. The van der Waals surface area contributed by atoms with Crippen LogP contribution in [-0.2, 0) is 4.79 Å². The number of carbonyl (C=O) groups excluding carboxylic acids is 1. The van der Waals surface area contributed by atoms with Crippen LogP contribution in [0.4, 0.5) is 0 Å². The SMILES string of the molecule is C=CN1CCN(C(=O)CC)CC1. The van der Waals surface area contributed by atoms with Gasteiger partial charge in [-0.05, 0) is 6.20 Å². The fourth-order valence-electron chi connectivity index (χ4n) is 1.38. The van der Waals surface area contributed by atoms with Crippen LogP contribution in [0.2, 0.25) is 0 Å². The molecule has 12 heavy (non-hydrogen) atoms. The summed E-state index contributed by atoms with van der Waals surface area (Å²) in [4.78, 5) is 15.3. The van der Waals surface area contributed by atoms with Gasteiger partial charge in [0.15, 0.2) is 0 Å². The van der Waals surface area contributed by atoms with Crippen LogP contribution in [-0.4, -0.2) is 41.9 Å². The standard InChI is InChI=1S/C9H16N2O/c1-3-9(12)11-7-5-10(4-2)6-8-11/h4H,2-3,5-8H2,1H3. The van der Waals surface area contributed by atoms with E-state index < -0.39 is 0 Å². The largest absolute Gasteiger partial charge is 0.374 e. The highest BCUT2D eigenvalue weighted by Gasteiger charge is 2.16. The first-order valence-electron chi connectivity index (χ1n) is 4.42. The zero-order valence-corrected chi connectivity index (χ0v) is 7.62. The van der Waals surface area contributed by atoms with Crippen LogP contribution in [0, 0.1) is 0 Å². The molecule has 0 atom stereocenters. The molecule has 0 aliphatic carbocycles. The van der Waals surface area contributed by atoms with Crippen molar-refractivity contribution < 1.29 is 4.79 Å². The average molecular weight is 168 g/mol. The Labute approximate surface area is 73.6 Å². The Balaban J connectivity index is 2.35. The van der Waals surface area contributed by atoms with E-state index in [0.717, 1.165) is 26.2 Å². The van der Waals surface area contributed by atoms with Gasteiger partial charge in [0.1, 0.15) is 0 Å². The summed E-state index contributed by atoms with van der Waals surface area (Å²) in [6.45, 7) is 9.15. The van der Waals surface area contributed by atoms with Gasteiger partial charge in [0.05, 0.1) is 0 Å². The molecule has 1 aliphatic rings. The molecular weight excluding hydrogens is 152 g/mol. The molecule has 0 bridgehead atoms. The first kappa shape index (κ1) is 9.10. The van der Waals surface area contributed by atoms with E-state index in [4.69, 9.17) is 0 Å². The molecule has 3 nitrogen and oxygen atoms in total. The minimum absolute atomic E-state index is 0.263. The van der Waals surface area contributed by atoms with E-state index in [0.29, 0.717) is 6.42 Å². The fourth-order valence-corrected chi connectivity index (χ4v) is 1.38. The van der Waals surface area contributed by atoms with Crippen molar-refractivity contribution in [3.8, 4) is 0 Å². The highest BCUT2D eigenvalue weighted by molar-refractivity contribution is 5.75. The molecule has 0 unspecified atom stereocenters. The maximum Gasteiger partial charge on any atom is 0.222 e. The minimum atomic E-state index is 0.263. The molecule has 1 saturated heterocycles. The van der Waals surface area contributed by atoms with E-state index in [1.54, 1.807) is 0 Å². The lowest BCUT2D eigenvalue weighted by atomic mass is 10.3. The first-order chi connectivity index (χ1) is 5.77. The van der Waals surface area contributed by atoms with Gasteiger partial charge in [0, 0.05) is 32.6 Å². The molecule has 0 aromatic carbocycles. The summed E-state index contributed by atoms with van der Waals surface area (Å²) in [7, 11) is 0. The first-order valence-corrected chi connectivity index (χ1v) is 4.42. The molecular formula is C9H16N2O. The normalized spacial score (nSPS) is 17.8. The van der Waals surface area contributed by atoms with Crippen molar-refractivity contribution in [3.63, 3.8) is 0 Å². The Morgan fingerprint density at radius 2 is 2.00 bits per heavy atom. The number of hydrogen-bond acceptors (Lipinski definition) is 2. The van der Waals surface area contributed by atoms with Crippen molar-refractivity contribution in [1.29, 1.82) is 0 Å². The van der Waals surface area contributed by atoms with E-state index in [1.807, 2.05) is 18.0 Å². The predicted octanol–water partition coefficient (Wildman–Crippen LogP) is 0.684. The van der Waals surface area contributed by atoms with Crippen LogP contribution >= 0.6 is 0 Å². The number of amides is 1. The van der Waals surface area contributed by atoms with E-state index in [1.165, 1.54) is 0 Å². The lowest BCUT2D eigenvalue weighted by Gasteiger charge is -2.33. The Hall–Kier alpha value is -0.990. The van der Waals surface area contributed by atoms with Gasteiger partial charge < -0.3 is 9.80 Å². The summed E-state index contributed by atoms with van der Waals surface area (Å²) < 4.78 is 0. The number of carbonyl (C=O) groups is 1. The van der Waals surface area contributed by atoms with Gasteiger partial charge in [-0.1, -0.05) is 13.5 Å². The van der Waals surface area contributed by atoms with Gasteiger partial charge in [0.2, 0.25) is 5.91 Å². The van der Waals surface area contributed by atoms with Crippen molar-refractivity contribution in [2.24, 2.45) is 0 Å². The summed E-state index contributed by atoms with van der Waals surface area (Å²) in [5.74, 6) is 0.263. The van der Waals surface area contributed by atoms with Crippen LogP contribution < -0.4 is 0 Å². The summed E-state index contributed by atoms with van der Waals surface area (Å²) in [6.07, 6.45) is 2.46. The second-order valence-electron chi connectivity index (χ2n) is 2.95. The smallest absolute Gasteiger partial charge is 0.222 e. The zero-order valence-electron chi connectivity index (χ0n) is 7.62. The molecule has 1 rings (SSSR count). The number of rotatable bonds is 2. The quantitative estimate of drug-likeness (QED) is 0.605. The maximum absolute atomic E-state index is 11.2. The Bertz CT molecular complexity index is 171. The molecule has 68 valence electrons. The lowest BCUT2D eigenvalue weighted by Crippen LogP contribution is -2.46. The van der Waals surface area contributed by atoms with Crippen molar-refractivity contribution in [1.82, 2.24) is 9.80 Å².